The first kappa shape index (κ1) is 29.7. The normalized spacial score (nSPS) is 19.6. The van der Waals surface area contributed by atoms with Gasteiger partial charge in [0.2, 0.25) is 11.8 Å². The highest BCUT2D eigenvalue weighted by atomic mass is 35.5. The number of nitrogens with zero attached hydrogens (tertiary/aromatic N) is 1. The van der Waals surface area contributed by atoms with Crippen LogP contribution in [0.25, 0.3) is 0 Å². The van der Waals surface area contributed by atoms with Crippen molar-refractivity contribution in [3.63, 3.8) is 0 Å². The SMILES string of the molecule is Cc1ccc(CC2(N(C)C)CCC(NC(=O)CCC(=O)NC(C)(C)C(=O)Oc3ccc(Cl)cc3)CC2)cc1. The van der Waals surface area contributed by atoms with Crippen LogP contribution in [-0.2, 0) is 20.8 Å². The lowest BCUT2D eigenvalue weighted by atomic mass is 9.74. The van der Waals surface area contributed by atoms with Crippen LogP contribution in [0.4, 0.5) is 0 Å². The molecule has 38 heavy (non-hydrogen) atoms. The van der Waals surface area contributed by atoms with E-state index >= 15 is 0 Å². The summed E-state index contributed by atoms with van der Waals surface area (Å²) in [6, 6.07) is 15.2. The highest BCUT2D eigenvalue weighted by Crippen LogP contribution is 2.35. The van der Waals surface area contributed by atoms with Crippen LogP contribution in [0.15, 0.2) is 48.5 Å². The molecule has 1 saturated carbocycles. The van der Waals surface area contributed by atoms with Crippen LogP contribution >= 0.6 is 11.6 Å². The number of esters is 1. The van der Waals surface area contributed by atoms with E-state index in [0.717, 1.165) is 32.1 Å². The molecule has 0 aromatic heterocycles. The summed E-state index contributed by atoms with van der Waals surface area (Å²) in [6.45, 7) is 5.23. The second-order valence-electron chi connectivity index (χ2n) is 11.1. The van der Waals surface area contributed by atoms with E-state index in [2.05, 4.69) is 60.8 Å². The Morgan fingerprint density at radius 2 is 1.55 bits per heavy atom. The lowest BCUT2D eigenvalue weighted by molar-refractivity contribution is -0.143. The predicted molar refractivity (Wildman–Crippen MR) is 150 cm³/mol. The number of nitrogens with one attached hydrogen (secondary N) is 2. The van der Waals surface area contributed by atoms with E-state index < -0.39 is 11.5 Å². The monoisotopic (exact) mass is 541 g/mol. The molecule has 0 atom stereocenters. The molecule has 0 unspecified atom stereocenters. The van der Waals surface area contributed by atoms with Crippen LogP contribution in [0.5, 0.6) is 5.75 Å². The number of aryl methyl sites for hydroxylation is 1. The van der Waals surface area contributed by atoms with Gasteiger partial charge in [-0.15, -0.1) is 0 Å². The van der Waals surface area contributed by atoms with Gasteiger partial charge < -0.3 is 20.3 Å². The summed E-state index contributed by atoms with van der Waals surface area (Å²) in [5.74, 6) is -0.797. The van der Waals surface area contributed by atoms with E-state index in [1.165, 1.54) is 11.1 Å². The Labute approximate surface area is 231 Å². The highest BCUT2D eigenvalue weighted by Gasteiger charge is 2.38. The molecule has 0 heterocycles. The van der Waals surface area contributed by atoms with Crippen molar-refractivity contribution in [3.05, 3.63) is 64.7 Å². The average molecular weight is 542 g/mol. The molecule has 1 fully saturated rings. The van der Waals surface area contributed by atoms with Gasteiger partial charge in [-0.25, -0.2) is 4.79 Å². The van der Waals surface area contributed by atoms with E-state index in [0.29, 0.717) is 10.8 Å². The minimum Gasteiger partial charge on any atom is -0.425 e. The fourth-order valence-corrected chi connectivity index (χ4v) is 5.02. The van der Waals surface area contributed by atoms with Gasteiger partial charge in [-0.05, 0) is 96.8 Å². The van der Waals surface area contributed by atoms with Crippen molar-refractivity contribution in [2.45, 2.75) is 82.8 Å². The molecular weight excluding hydrogens is 502 g/mol. The number of hydrogen-bond acceptors (Lipinski definition) is 5. The van der Waals surface area contributed by atoms with Crippen LogP contribution < -0.4 is 15.4 Å². The molecule has 3 rings (SSSR count). The van der Waals surface area contributed by atoms with Gasteiger partial charge in [0.25, 0.3) is 0 Å². The number of amides is 2. The second kappa shape index (κ2) is 12.8. The van der Waals surface area contributed by atoms with E-state index in [9.17, 15) is 14.4 Å². The van der Waals surface area contributed by atoms with Crippen LogP contribution in [0.1, 0.15) is 63.5 Å². The van der Waals surface area contributed by atoms with Gasteiger partial charge in [-0.1, -0.05) is 41.4 Å². The maximum Gasteiger partial charge on any atom is 0.336 e. The quantitative estimate of drug-likeness (QED) is 0.332. The van der Waals surface area contributed by atoms with Crippen LogP contribution in [0.2, 0.25) is 5.02 Å². The summed E-state index contributed by atoms with van der Waals surface area (Å²) in [6.07, 6.45) is 4.80. The zero-order valence-electron chi connectivity index (χ0n) is 23.1. The van der Waals surface area contributed by atoms with Gasteiger partial charge in [0, 0.05) is 29.4 Å². The van der Waals surface area contributed by atoms with Gasteiger partial charge in [-0.3, -0.25) is 9.59 Å². The van der Waals surface area contributed by atoms with Crippen molar-refractivity contribution >= 4 is 29.4 Å². The number of carbonyl (C=O) groups is 3. The molecule has 2 aromatic rings. The van der Waals surface area contributed by atoms with Gasteiger partial charge in [-0.2, -0.15) is 0 Å². The molecule has 0 radical (unpaired) electrons. The molecule has 0 saturated heterocycles. The predicted octanol–water partition coefficient (Wildman–Crippen LogP) is 4.83. The zero-order valence-corrected chi connectivity index (χ0v) is 23.9. The number of carbonyl (C=O) groups excluding carboxylic acids is 3. The first-order valence-electron chi connectivity index (χ1n) is 13.2. The molecule has 8 heteroatoms. The van der Waals surface area contributed by atoms with Gasteiger partial charge >= 0.3 is 5.97 Å². The fraction of sp³-hybridized carbons (Fsp3) is 0.500. The van der Waals surface area contributed by atoms with Gasteiger partial charge in [0.1, 0.15) is 11.3 Å². The molecule has 0 bridgehead atoms. The molecule has 1 aliphatic carbocycles. The van der Waals surface area contributed by atoms with E-state index in [1.807, 2.05) is 0 Å². The molecule has 206 valence electrons. The number of halogens is 1. The largest absolute Gasteiger partial charge is 0.425 e. The molecule has 7 nitrogen and oxygen atoms in total. The number of rotatable bonds is 10. The topological polar surface area (TPSA) is 87.7 Å². The third-order valence-electron chi connectivity index (χ3n) is 7.45. The summed E-state index contributed by atoms with van der Waals surface area (Å²) in [5, 5.41) is 6.31. The van der Waals surface area contributed by atoms with Crippen molar-refractivity contribution in [3.8, 4) is 5.75 Å². The average Bonchev–Trinajstić information content (AvgIpc) is 2.86. The Morgan fingerprint density at radius 3 is 2.13 bits per heavy atom. The van der Waals surface area contributed by atoms with Crippen molar-refractivity contribution in [2.75, 3.05) is 14.1 Å². The molecule has 0 aliphatic heterocycles. The van der Waals surface area contributed by atoms with Crippen LogP contribution in [-0.4, -0.2) is 53.9 Å². The minimum absolute atomic E-state index is 0.00866. The van der Waals surface area contributed by atoms with E-state index in [-0.39, 0.29) is 36.2 Å². The number of likely N-dealkylation sites (N-methyl/N-ethyl adjacent to an activating group) is 1. The standard InChI is InChI=1S/C30H40ClN3O4/c1-21-6-8-22(9-7-21)20-30(34(4)5)18-16-24(17-19-30)32-26(35)14-15-27(36)33-29(2,3)28(37)38-25-12-10-23(31)11-13-25/h6-13,24H,14-20H2,1-5H3,(H,32,35)(H,33,36). The summed E-state index contributed by atoms with van der Waals surface area (Å²) in [7, 11) is 4.27. The minimum atomic E-state index is -1.25. The van der Waals surface area contributed by atoms with Crippen LogP contribution in [0, 0.1) is 6.92 Å². The lowest BCUT2D eigenvalue weighted by Gasteiger charge is -2.45. The molecular formula is C30H40ClN3O4. The Kier molecular flexibility index (Phi) is 9.96. The van der Waals surface area contributed by atoms with Crippen molar-refractivity contribution in [2.24, 2.45) is 0 Å². The Morgan fingerprint density at radius 1 is 0.974 bits per heavy atom. The van der Waals surface area contributed by atoms with Crippen molar-refractivity contribution in [1.82, 2.24) is 15.5 Å². The summed E-state index contributed by atoms with van der Waals surface area (Å²) in [4.78, 5) is 39.9. The maximum atomic E-state index is 12.6. The summed E-state index contributed by atoms with van der Waals surface area (Å²) < 4.78 is 5.34. The van der Waals surface area contributed by atoms with Crippen LogP contribution in [0.3, 0.4) is 0 Å². The molecule has 0 spiro atoms. The van der Waals surface area contributed by atoms with Crippen molar-refractivity contribution in [1.29, 1.82) is 0 Å². The molecule has 2 N–H and O–H groups in total. The smallest absolute Gasteiger partial charge is 0.336 e. The number of hydrogen-bond donors (Lipinski definition) is 2. The van der Waals surface area contributed by atoms with E-state index in [1.54, 1.807) is 38.1 Å². The Hall–Kier alpha value is -2.90. The Balaban J connectivity index is 1.43. The number of benzene rings is 2. The second-order valence-corrected chi connectivity index (χ2v) is 11.6. The summed E-state index contributed by atoms with van der Waals surface area (Å²) >= 11 is 5.86. The first-order valence-corrected chi connectivity index (χ1v) is 13.6. The zero-order chi connectivity index (χ0) is 27.9. The van der Waals surface area contributed by atoms with Gasteiger partial charge in [0.15, 0.2) is 0 Å². The van der Waals surface area contributed by atoms with E-state index in [4.69, 9.17) is 16.3 Å². The molecule has 2 amide bonds. The first-order chi connectivity index (χ1) is 17.9. The molecule has 2 aromatic carbocycles. The highest BCUT2D eigenvalue weighted by molar-refractivity contribution is 6.30. The lowest BCUT2D eigenvalue weighted by Crippen LogP contribution is -2.52. The fourth-order valence-electron chi connectivity index (χ4n) is 4.89. The summed E-state index contributed by atoms with van der Waals surface area (Å²) in [5.41, 5.74) is 1.42. The molecule has 1 aliphatic rings. The third kappa shape index (κ3) is 8.30. The Bertz CT molecular complexity index is 1110. The number of ether oxygens (including phenoxy) is 1. The third-order valence-corrected chi connectivity index (χ3v) is 7.70. The van der Waals surface area contributed by atoms with Crippen molar-refractivity contribution < 1.29 is 19.1 Å². The van der Waals surface area contributed by atoms with Gasteiger partial charge in [0.05, 0.1) is 0 Å². The maximum absolute atomic E-state index is 12.6.